The third kappa shape index (κ3) is 5.43. The molecule has 98 valence electrons. The van der Waals surface area contributed by atoms with Gasteiger partial charge in [-0.1, -0.05) is 50.8 Å². The first-order valence-corrected chi connectivity index (χ1v) is 6.05. The molecule has 1 heterocycles. The first-order valence-electron chi connectivity index (χ1n) is 6.05. The normalized spacial score (nSPS) is 11.3. The molecule has 0 saturated heterocycles. The predicted molar refractivity (Wildman–Crippen MR) is 79.3 cm³/mol. The van der Waals surface area contributed by atoms with Crippen molar-refractivity contribution >= 4 is 5.57 Å². The predicted octanol–water partition coefficient (Wildman–Crippen LogP) is 4.27. The van der Waals surface area contributed by atoms with Crippen LogP contribution in [-0.2, 0) is 0 Å². The fourth-order valence-electron chi connectivity index (χ4n) is 1.13. The minimum absolute atomic E-state index is 0.368. The second-order valence-electron chi connectivity index (χ2n) is 3.95. The van der Waals surface area contributed by atoms with E-state index in [1.165, 1.54) is 0 Å². The largest absolute Gasteiger partial charge is 0.262 e. The van der Waals surface area contributed by atoms with E-state index in [2.05, 4.69) is 42.2 Å². The Bertz CT molecular complexity index is 423. The molecule has 0 radical (unpaired) electrons. The van der Waals surface area contributed by atoms with Crippen LogP contribution in [0.5, 0.6) is 0 Å². The lowest BCUT2D eigenvalue weighted by Crippen LogP contribution is -1.90. The Hall–Kier alpha value is -1.90. The molecule has 1 N–H and O–H groups in total. The maximum atomic E-state index is 4.41. The average molecular weight is 245 g/mol. The zero-order chi connectivity index (χ0) is 14.0. The third-order valence-electron chi connectivity index (χ3n) is 2.03. The molecule has 1 aromatic rings. The third-order valence-corrected chi connectivity index (χ3v) is 2.03. The maximum Gasteiger partial charge on any atom is 0.180 e. The van der Waals surface area contributed by atoms with Gasteiger partial charge in [0.05, 0.1) is 0 Å². The van der Waals surface area contributed by atoms with Gasteiger partial charge < -0.3 is 0 Å². The van der Waals surface area contributed by atoms with Gasteiger partial charge in [-0.05, 0) is 13.8 Å². The van der Waals surface area contributed by atoms with Crippen molar-refractivity contribution in [3.63, 3.8) is 0 Å². The average Bonchev–Trinajstić information content (AvgIpc) is 2.81. The zero-order valence-corrected chi connectivity index (χ0v) is 11.8. The lowest BCUT2D eigenvalue weighted by Gasteiger charge is -1.96. The molecule has 0 unspecified atom stereocenters. The number of aromatic amines is 1. The quantitative estimate of drug-likeness (QED) is 0.636. The van der Waals surface area contributed by atoms with E-state index in [0.717, 1.165) is 17.2 Å². The van der Waals surface area contributed by atoms with Gasteiger partial charge in [0.1, 0.15) is 5.82 Å². The Morgan fingerprint density at radius 2 is 1.89 bits per heavy atom. The molecule has 0 fully saturated rings. The first kappa shape index (κ1) is 16.1. The van der Waals surface area contributed by atoms with E-state index in [1.54, 1.807) is 12.2 Å². The van der Waals surface area contributed by atoms with Crippen molar-refractivity contribution in [2.45, 2.75) is 33.6 Å². The molecule has 0 saturated carbocycles. The number of hydrogen-bond acceptors (Lipinski definition) is 2. The molecule has 0 aliphatic carbocycles. The lowest BCUT2D eigenvalue weighted by atomic mass is 10.2. The van der Waals surface area contributed by atoms with Crippen molar-refractivity contribution in [2.24, 2.45) is 0 Å². The Morgan fingerprint density at radius 3 is 2.28 bits per heavy atom. The smallest absolute Gasteiger partial charge is 0.180 e. The summed E-state index contributed by atoms with van der Waals surface area (Å²) < 4.78 is 0. The zero-order valence-electron chi connectivity index (χ0n) is 11.8. The summed E-state index contributed by atoms with van der Waals surface area (Å²) in [6, 6.07) is 0. The highest BCUT2D eigenvalue weighted by Gasteiger charge is 2.07. The molecule has 1 aromatic heterocycles. The van der Waals surface area contributed by atoms with Crippen LogP contribution in [0.25, 0.3) is 5.57 Å². The van der Waals surface area contributed by atoms with Crippen molar-refractivity contribution in [3.05, 3.63) is 55.2 Å². The highest BCUT2D eigenvalue weighted by Crippen LogP contribution is 2.14. The van der Waals surface area contributed by atoms with Gasteiger partial charge >= 0.3 is 0 Å². The van der Waals surface area contributed by atoms with E-state index in [9.17, 15) is 0 Å². The summed E-state index contributed by atoms with van der Waals surface area (Å²) >= 11 is 0. The maximum absolute atomic E-state index is 4.41. The Labute approximate surface area is 110 Å². The Kier molecular flexibility index (Phi) is 8.20. The summed E-state index contributed by atoms with van der Waals surface area (Å²) in [5.74, 6) is 2.02. The van der Waals surface area contributed by atoms with Gasteiger partial charge in [0, 0.05) is 11.5 Å². The molecule has 3 nitrogen and oxygen atoms in total. The van der Waals surface area contributed by atoms with Crippen molar-refractivity contribution in [1.29, 1.82) is 0 Å². The van der Waals surface area contributed by atoms with Gasteiger partial charge in [-0.15, -0.1) is 6.58 Å². The van der Waals surface area contributed by atoms with Crippen LogP contribution in [0, 0.1) is 0 Å². The summed E-state index contributed by atoms with van der Waals surface area (Å²) in [7, 11) is 0. The van der Waals surface area contributed by atoms with Gasteiger partial charge in [0.2, 0.25) is 0 Å². The minimum Gasteiger partial charge on any atom is -0.262 e. The Morgan fingerprint density at radius 1 is 1.28 bits per heavy atom. The number of nitrogens with zero attached hydrogens (tertiary/aromatic N) is 2. The number of nitrogens with one attached hydrogen (secondary N) is 1. The lowest BCUT2D eigenvalue weighted by molar-refractivity contribution is 0.781. The SMILES string of the molecule is C=C/C=C\C(=C/C)c1n[nH]c(C(C)C)n1.C=CC. The van der Waals surface area contributed by atoms with E-state index < -0.39 is 0 Å². The van der Waals surface area contributed by atoms with E-state index in [-0.39, 0.29) is 0 Å². The van der Waals surface area contributed by atoms with Crippen molar-refractivity contribution in [1.82, 2.24) is 15.2 Å². The number of hydrogen-bond donors (Lipinski definition) is 1. The van der Waals surface area contributed by atoms with Gasteiger partial charge in [-0.25, -0.2) is 4.98 Å². The monoisotopic (exact) mass is 245 g/mol. The van der Waals surface area contributed by atoms with Gasteiger partial charge in [0.15, 0.2) is 5.82 Å². The molecule has 1 rings (SSSR count). The second-order valence-corrected chi connectivity index (χ2v) is 3.95. The van der Waals surface area contributed by atoms with Crippen LogP contribution in [0.2, 0.25) is 0 Å². The number of H-pyrrole nitrogens is 1. The highest BCUT2D eigenvalue weighted by molar-refractivity contribution is 5.69. The summed E-state index contributed by atoms with van der Waals surface area (Å²) in [5, 5.41) is 7.11. The van der Waals surface area contributed by atoms with Gasteiger partial charge in [-0.3, -0.25) is 5.10 Å². The minimum atomic E-state index is 0.368. The summed E-state index contributed by atoms with van der Waals surface area (Å²) in [4.78, 5) is 4.41. The molecule has 0 bridgehead atoms. The molecular formula is C15H23N3. The van der Waals surface area contributed by atoms with Crippen molar-refractivity contribution in [2.75, 3.05) is 0 Å². The molecular weight excluding hydrogens is 222 g/mol. The van der Waals surface area contributed by atoms with Crippen LogP contribution in [0.4, 0.5) is 0 Å². The molecule has 0 atom stereocenters. The van der Waals surface area contributed by atoms with Crippen molar-refractivity contribution < 1.29 is 0 Å². The number of aromatic nitrogens is 3. The standard InChI is InChI=1S/C12H17N3.C3H6/c1-5-7-8-10(6-2)12-13-11(9(3)4)14-15-12;1-3-2/h5-9H,1H2,2-4H3,(H,13,14,15);3H,1H2,2H3/b8-7-,10-6+;. The molecule has 0 aromatic carbocycles. The van der Waals surface area contributed by atoms with Crippen LogP contribution in [0.3, 0.4) is 0 Å². The van der Waals surface area contributed by atoms with Crippen LogP contribution in [-0.4, -0.2) is 15.2 Å². The van der Waals surface area contributed by atoms with E-state index in [1.807, 2.05) is 32.1 Å². The van der Waals surface area contributed by atoms with Gasteiger partial charge in [0.25, 0.3) is 0 Å². The van der Waals surface area contributed by atoms with Crippen molar-refractivity contribution in [3.8, 4) is 0 Å². The van der Waals surface area contributed by atoms with Crippen LogP contribution < -0.4 is 0 Å². The highest BCUT2D eigenvalue weighted by atomic mass is 15.2. The number of allylic oxidation sites excluding steroid dienone is 6. The molecule has 18 heavy (non-hydrogen) atoms. The summed E-state index contributed by atoms with van der Waals surface area (Å²) in [5.41, 5.74) is 0.998. The molecule has 3 heteroatoms. The summed E-state index contributed by atoms with van der Waals surface area (Å²) in [6.07, 6.45) is 9.29. The van der Waals surface area contributed by atoms with E-state index in [4.69, 9.17) is 0 Å². The molecule has 0 aliphatic heterocycles. The van der Waals surface area contributed by atoms with E-state index >= 15 is 0 Å². The number of rotatable bonds is 4. The van der Waals surface area contributed by atoms with Crippen LogP contribution in [0.1, 0.15) is 45.3 Å². The van der Waals surface area contributed by atoms with Gasteiger partial charge in [-0.2, -0.15) is 5.10 Å². The molecule has 0 amide bonds. The summed E-state index contributed by atoms with van der Waals surface area (Å²) in [6.45, 7) is 15.0. The molecule has 0 aliphatic rings. The molecule has 0 spiro atoms. The topological polar surface area (TPSA) is 41.6 Å². The Balaban J connectivity index is 0.000000873. The van der Waals surface area contributed by atoms with Crippen LogP contribution in [0.15, 0.2) is 43.5 Å². The van der Waals surface area contributed by atoms with Crippen LogP contribution >= 0.6 is 0 Å². The fourth-order valence-corrected chi connectivity index (χ4v) is 1.13. The fraction of sp³-hybridized carbons (Fsp3) is 0.333. The first-order chi connectivity index (χ1) is 8.60. The second kappa shape index (κ2) is 9.16. The van der Waals surface area contributed by atoms with E-state index in [0.29, 0.717) is 5.92 Å².